The Bertz CT molecular complexity index is 188. The van der Waals surface area contributed by atoms with E-state index in [1.165, 1.54) is 0 Å². The lowest BCUT2D eigenvalue weighted by molar-refractivity contribution is -0.120. The Hall–Kier alpha value is 0.350. The van der Waals surface area contributed by atoms with Crippen LogP contribution in [0.5, 0.6) is 0 Å². The number of hydrogen-bond donors (Lipinski definition) is 2. The van der Waals surface area contributed by atoms with Crippen LogP contribution in [0.1, 0.15) is 13.8 Å². The molecule has 1 saturated heterocycles. The smallest absolute Gasteiger partial charge is 0.0942 e. The van der Waals surface area contributed by atoms with Crippen molar-refractivity contribution in [2.45, 2.75) is 38.2 Å². The van der Waals surface area contributed by atoms with E-state index in [4.69, 9.17) is 4.74 Å². The first-order valence-electron chi connectivity index (χ1n) is 4.44. The van der Waals surface area contributed by atoms with Crippen LogP contribution in [-0.2, 0) is 4.74 Å². The maximum Gasteiger partial charge on any atom is 0.0942 e. The molecule has 0 aliphatic carbocycles. The maximum atomic E-state index is 9.91. The van der Waals surface area contributed by atoms with Crippen LogP contribution in [0.3, 0.4) is 0 Å². The molecule has 5 unspecified atom stereocenters. The van der Waals surface area contributed by atoms with Crippen LogP contribution >= 0.6 is 22.9 Å². The van der Waals surface area contributed by atoms with Gasteiger partial charge in [-0.25, -0.2) is 0 Å². The van der Waals surface area contributed by atoms with Crippen molar-refractivity contribution in [3.05, 3.63) is 12.7 Å². The molecule has 1 aliphatic heterocycles. The Balaban J connectivity index is 2.74. The zero-order valence-corrected chi connectivity index (χ0v) is 10.1. The first-order valence-corrected chi connectivity index (χ1v) is 5.52. The molecule has 0 spiro atoms. The van der Waals surface area contributed by atoms with E-state index in [1.807, 2.05) is 36.7 Å². The molecule has 0 aromatic rings. The van der Waals surface area contributed by atoms with Crippen LogP contribution in [0.15, 0.2) is 12.7 Å². The minimum Gasteiger partial charge on any atom is -0.391 e. The van der Waals surface area contributed by atoms with E-state index in [1.54, 1.807) is 6.08 Å². The van der Waals surface area contributed by atoms with E-state index in [9.17, 15) is 5.11 Å². The van der Waals surface area contributed by atoms with Crippen LogP contribution in [0.25, 0.3) is 0 Å². The second-order valence-electron chi connectivity index (χ2n) is 3.53. The average molecular weight is 297 g/mol. The lowest BCUT2D eigenvalue weighted by Gasteiger charge is -2.41. The third-order valence-corrected chi connectivity index (χ3v) is 3.45. The molecule has 2 N–H and O–H groups in total. The van der Waals surface area contributed by atoms with Gasteiger partial charge in [0, 0.05) is 28.8 Å². The van der Waals surface area contributed by atoms with Gasteiger partial charge in [0.2, 0.25) is 0 Å². The highest BCUT2D eigenvalue weighted by molar-refractivity contribution is 14.1. The molecule has 0 saturated carbocycles. The van der Waals surface area contributed by atoms with Gasteiger partial charge in [0.25, 0.3) is 0 Å². The Kier molecular flexibility index (Phi) is 4.15. The largest absolute Gasteiger partial charge is 0.391 e. The molecule has 0 radical (unpaired) electrons. The fourth-order valence-corrected chi connectivity index (χ4v) is 2.31. The average Bonchev–Trinajstić information content (AvgIpc) is 2.13. The van der Waals surface area contributed by atoms with E-state index in [-0.39, 0.29) is 30.3 Å². The van der Waals surface area contributed by atoms with Crippen molar-refractivity contribution in [1.82, 2.24) is 3.53 Å². The Morgan fingerprint density at radius 3 is 2.62 bits per heavy atom. The molecular weight excluding hydrogens is 281 g/mol. The molecule has 0 aromatic carbocycles. The summed E-state index contributed by atoms with van der Waals surface area (Å²) in [5.74, 6) is 0.156. The van der Waals surface area contributed by atoms with Gasteiger partial charge in [-0.3, -0.25) is 3.53 Å². The molecule has 0 amide bonds. The number of ether oxygens (including phenoxy) is 1. The van der Waals surface area contributed by atoms with Gasteiger partial charge in [-0.15, -0.1) is 6.58 Å². The van der Waals surface area contributed by atoms with Gasteiger partial charge in [-0.05, 0) is 6.92 Å². The number of aliphatic hydroxyl groups excluding tert-OH is 1. The molecule has 76 valence electrons. The standard InChI is InChI=1S/C9H16INO2/c1-4-7-8(11-10)9(12)5(2)6(3)13-7/h4-9,11-12H,1H2,2-3H3. The Morgan fingerprint density at radius 1 is 1.54 bits per heavy atom. The van der Waals surface area contributed by atoms with Gasteiger partial charge in [0.1, 0.15) is 0 Å². The number of aliphatic hydroxyl groups is 1. The predicted octanol–water partition coefficient (Wildman–Crippen LogP) is 1.26. The number of hydrogen-bond acceptors (Lipinski definition) is 3. The van der Waals surface area contributed by atoms with Gasteiger partial charge < -0.3 is 9.84 Å². The zero-order valence-electron chi connectivity index (χ0n) is 7.90. The molecule has 4 heteroatoms. The van der Waals surface area contributed by atoms with Crippen molar-refractivity contribution in [2.24, 2.45) is 5.92 Å². The predicted molar refractivity (Wildman–Crippen MR) is 60.6 cm³/mol. The molecule has 3 nitrogen and oxygen atoms in total. The summed E-state index contributed by atoms with van der Waals surface area (Å²) in [4.78, 5) is 0. The summed E-state index contributed by atoms with van der Waals surface area (Å²) in [5, 5.41) is 9.91. The summed E-state index contributed by atoms with van der Waals surface area (Å²) >= 11 is 2.04. The number of rotatable bonds is 2. The normalized spacial score (nSPS) is 46.0. The van der Waals surface area contributed by atoms with Crippen molar-refractivity contribution in [1.29, 1.82) is 0 Å². The summed E-state index contributed by atoms with van der Waals surface area (Å²) in [5.41, 5.74) is 0. The van der Waals surface area contributed by atoms with E-state index in [0.29, 0.717) is 0 Å². The third kappa shape index (κ3) is 2.23. The molecule has 13 heavy (non-hydrogen) atoms. The second kappa shape index (κ2) is 4.72. The topological polar surface area (TPSA) is 41.5 Å². The van der Waals surface area contributed by atoms with Crippen LogP contribution < -0.4 is 3.53 Å². The highest BCUT2D eigenvalue weighted by Gasteiger charge is 2.39. The summed E-state index contributed by atoms with van der Waals surface area (Å²) < 4.78 is 8.71. The summed E-state index contributed by atoms with van der Waals surface area (Å²) in [6.07, 6.45) is 1.35. The highest BCUT2D eigenvalue weighted by Crippen LogP contribution is 2.26. The number of halogens is 1. The second-order valence-corrected chi connectivity index (χ2v) is 4.15. The molecule has 0 bridgehead atoms. The number of nitrogens with one attached hydrogen (secondary N) is 1. The van der Waals surface area contributed by atoms with Crippen molar-refractivity contribution >= 4 is 22.9 Å². The maximum absolute atomic E-state index is 9.91. The molecule has 1 heterocycles. The van der Waals surface area contributed by atoms with E-state index in [2.05, 4.69) is 10.1 Å². The van der Waals surface area contributed by atoms with Crippen LogP contribution in [0, 0.1) is 5.92 Å². The van der Waals surface area contributed by atoms with E-state index < -0.39 is 0 Å². The summed E-state index contributed by atoms with van der Waals surface area (Å²) in [6.45, 7) is 7.67. The molecule has 1 fully saturated rings. The Labute approximate surface area is 93.0 Å². The Morgan fingerprint density at radius 2 is 2.15 bits per heavy atom. The van der Waals surface area contributed by atoms with Gasteiger partial charge in [0.15, 0.2) is 0 Å². The molecule has 1 aliphatic rings. The highest BCUT2D eigenvalue weighted by atomic mass is 127. The van der Waals surface area contributed by atoms with Crippen molar-refractivity contribution in [3.8, 4) is 0 Å². The molecule has 5 atom stereocenters. The van der Waals surface area contributed by atoms with Gasteiger partial charge in [-0.1, -0.05) is 13.0 Å². The quantitative estimate of drug-likeness (QED) is 0.458. The lowest BCUT2D eigenvalue weighted by Crippen LogP contribution is -2.55. The first-order chi connectivity index (χ1) is 6.11. The molecular formula is C9H16INO2. The first kappa shape index (κ1) is 11.4. The summed E-state index contributed by atoms with van der Waals surface area (Å²) in [6, 6.07) is -0.0516. The minimum atomic E-state index is -0.372. The fourth-order valence-electron chi connectivity index (χ4n) is 1.58. The lowest BCUT2D eigenvalue weighted by atomic mass is 9.87. The fraction of sp³-hybridized carbons (Fsp3) is 0.778. The van der Waals surface area contributed by atoms with Crippen molar-refractivity contribution in [3.63, 3.8) is 0 Å². The molecule has 0 aromatic heterocycles. The van der Waals surface area contributed by atoms with Gasteiger partial charge in [-0.2, -0.15) is 0 Å². The monoisotopic (exact) mass is 297 g/mol. The van der Waals surface area contributed by atoms with Crippen molar-refractivity contribution in [2.75, 3.05) is 0 Å². The van der Waals surface area contributed by atoms with Crippen molar-refractivity contribution < 1.29 is 9.84 Å². The van der Waals surface area contributed by atoms with E-state index >= 15 is 0 Å². The van der Waals surface area contributed by atoms with E-state index in [0.717, 1.165) is 0 Å². The SMILES string of the molecule is C=CC1OC(C)C(C)C(O)C1NI. The third-order valence-electron chi connectivity index (χ3n) is 2.73. The van der Waals surface area contributed by atoms with Gasteiger partial charge >= 0.3 is 0 Å². The zero-order chi connectivity index (χ0) is 10.0. The molecule has 1 rings (SSSR count). The van der Waals surface area contributed by atoms with Crippen LogP contribution in [0.2, 0.25) is 0 Å². The minimum absolute atomic E-state index is 0.0516. The van der Waals surface area contributed by atoms with Crippen LogP contribution in [-0.4, -0.2) is 29.5 Å². The van der Waals surface area contributed by atoms with Crippen LogP contribution in [0.4, 0.5) is 0 Å². The van der Waals surface area contributed by atoms with Gasteiger partial charge in [0.05, 0.1) is 24.4 Å². The summed E-state index contributed by atoms with van der Waals surface area (Å²) in [7, 11) is 0.